The minimum Gasteiger partial charge on any atom is -0.493 e. The molecule has 2 aromatic heterocycles. The number of rotatable bonds is 8. The van der Waals surface area contributed by atoms with E-state index in [-0.39, 0.29) is 19.0 Å². The van der Waals surface area contributed by atoms with Crippen molar-refractivity contribution < 1.29 is 28.2 Å². The smallest absolute Gasteiger partial charge is 0.375 e. The van der Waals surface area contributed by atoms with Gasteiger partial charge in [-0.1, -0.05) is 24.3 Å². The summed E-state index contributed by atoms with van der Waals surface area (Å²) in [6, 6.07) is 13.0. The van der Waals surface area contributed by atoms with Gasteiger partial charge in [0.15, 0.2) is 11.5 Å². The summed E-state index contributed by atoms with van der Waals surface area (Å²) in [5.74, 6) is 0.817. The van der Waals surface area contributed by atoms with E-state index in [1.54, 1.807) is 27.4 Å². The van der Waals surface area contributed by atoms with Crippen LogP contribution in [0.15, 0.2) is 52.3 Å². The number of ether oxygens (including phenoxy) is 4. The fraction of sp³-hybridized carbons (Fsp3) is 0.217. The number of para-hydroxylation sites is 2. The molecule has 7 nitrogen and oxygen atoms in total. The molecule has 0 bridgehead atoms. The number of thiazole rings is 1. The first-order valence-electron chi connectivity index (χ1n) is 9.48. The summed E-state index contributed by atoms with van der Waals surface area (Å²) < 4.78 is 27.3. The minimum absolute atomic E-state index is 0.0189. The normalized spacial score (nSPS) is 10.9. The second kappa shape index (κ2) is 9.20. The van der Waals surface area contributed by atoms with Crippen LogP contribution in [0, 0.1) is 0 Å². The van der Waals surface area contributed by atoms with Crippen LogP contribution in [0.25, 0.3) is 21.5 Å². The van der Waals surface area contributed by atoms with Crippen LogP contribution < -0.4 is 9.47 Å². The summed E-state index contributed by atoms with van der Waals surface area (Å²) in [6.45, 7) is 0.267. The van der Waals surface area contributed by atoms with Crippen LogP contribution in [0.2, 0.25) is 0 Å². The van der Waals surface area contributed by atoms with Gasteiger partial charge in [-0.3, -0.25) is 0 Å². The molecule has 2 aromatic carbocycles. The van der Waals surface area contributed by atoms with Crippen LogP contribution in [-0.4, -0.2) is 32.3 Å². The van der Waals surface area contributed by atoms with Crippen LogP contribution in [0.4, 0.5) is 0 Å². The average molecular weight is 439 g/mol. The highest BCUT2D eigenvalue weighted by Gasteiger charge is 2.22. The monoisotopic (exact) mass is 439 g/mol. The lowest BCUT2D eigenvalue weighted by Crippen LogP contribution is -2.07. The van der Waals surface area contributed by atoms with Gasteiger partial charge in [0.1, 0.15) is 17.2 Å². The number of carbonyl (C=O) groups is 1. The van der Waals surface area contributed by atoms with E-state index in [0.29, 0.717) is 28.3 Å². The van der Waals surface area contributed by atoms with E-state index in [9.17, 15) is 4.79 Å². The zero-order chi connectivity index (χ0) is 21.8. The first kappa shape index (κ1) is 20.9. The number of methoxy groups -OCH3 is 3. The molecule has 0 saturated heterocycles. The Bertz CT molecular complexity index is 1210. The highest BCUT2D eigenvalue weighted by Crippen LogP contribution is 2.39. The molecule has 0 aliphatic rings. The van der Waals surface area contributed by atoms with Crippen molar-refractivity contribution in [2.75, 3.05) is 21.3 Å². The third kappa shape index (κ3) is 4.12. The summed E-state index contributed by atoms with van der Waals surface area (Å²) >= 11 is 1.43. The molecule has 0 aliphatic heterocycles. The number of nitrogens with zero attached hydrogens (tertiary/aromatic N) is 1. The van der Waals surface area contributed by atoms with Gasteiger partial charge in [-0.25, -0.2) is 9.78 Å². The second-order valence-corrected chi connectivity index (χ2v) is 7.46. The summed E-state index contributed by atoms with van der Waals surface area (Å²) in [6.07, 6.45) is 0. The highest BCUT2D eigenvalue weighted by atomic mass is 32.1. The Morgan fingerprint density at radius 1 is 1.03 bits per heavy atom. The second-order valence-electron chi connectivity index (χ2n) is 6.60. The molecule has 2 heterocycles. The Balaban J connectivity index is 1.53. The van der Waals surface area contributed by atoms with E-state index in [2.05, 4.69) is 4.98 Å². The summed E-state index contributed by atoms with van der Waals surface area (Å²) in [4.78, 5) is 17.3. The molecule has 0 aliphatic carbocycles. The largest absolute Gasteiger partial charge is 0.493 e. The molecular weight excluding hydrogens is 418 g/mol. The van der Waals surface area contributed by atoms with Crippen LogP contribution >= 0.6 is 11.3 Å². The van der Waals surface area contributed by atoms with Crippen molar-refractivity contribution in [2.24, 2.45) is 0 Å². The first-order valence-corrected chi connectivity index (χ1v) is 10.4. The van der Waals surface area contributed by atoms with Gasteiger partial charge in [0.25, 0.3) is 0 Å². The average Bonchev–Trinajstić information content (AvgIpc) is 3.42. The topological polar surface area (TPSA) is 80.0 Å². The molecule has 31 heavy (non-hydrogen) atoms. The molecule has 8 heteroatoms. The SMILES string of the molecule is COCc1c(C(=O)OCc2csc(-c3cccc(OC)c3OC)n2)oc2ccccc12. The fourth-order valence-electron chi connectivity index (χ4n) is 3.31. The lowest BCUT2D eigenvalue weighted by Gasteiger charge is -2.10. The number of fused-ring (bicyclic) bond motifs is 1. The van der Waals surface area contributed by atoms with Gasteiger partial charge in [0, 0.05) is 23.4 Å². The van der Waals surface area contributed by atoms with Crippen molar-refractivity contribution in [1.82, 2.24) is 4.98 Å². The summed E-state index contributed by atoms with van der Waals surface area (Å²) in [5, 5.41) is 3.42. The number of hydrogen-bond donors (Lipinski definition) is 0. The molecule has 0 fully saturated rings. The minimum atomic E-state index is -0.559. The van der Waals surface area contributed by atoms with E-state index in [4.69, 9.17) is 23.4 Å². The van der Waals surface area contributed by atoms with E-state index < -0.39 is 5.97 Å². The van der Waals surface area contributed by atoms with Gasteiger partial charge in [0.05, 0.1) is 32.1 Å². The number of esters is 1. The third-order valence-electron chi connectivity index (χ3n) is 4.71. The Kier molecular flexibility index (Phi) is 6.20. The fourth-order valence-corrected chi connectivity index (χ4v) is 4.13. The van der Waals surface area contributed by atoms with Crippen molar-refractivity contribution in [3.8, 4) is 22.1 Å². The molecule has 4 aromatic rings. The molecule has 0 spiro atoms. The maximum absolute atomic E-state index is 12.7. The maximum Gasteiger partial charge on any atom is 0.375 e. The summed E-state index contributed by atoms with van der Waals surface area (Å²) in [7, 11) is 4.74. The van der Waals surface area contributed by atoms with E-state index in [1.165, 1.54) is 11.3 Å². The highest BCUT2D eigenvalue weighted by molar-refractivity contribution is 7.13. The van der Waals surface area contributed by atoms with E-state index in [1.807, 2.05) is 41.8 Å². The van der Waals surface area contributed by atoms with Crippen LogP contribution in [0.1, 0.15) is 21.8 Å². The third-order valence-corrected chi connectivity index (χ3v) is 5.63. The molecule has 0 amide bonds. The number of hydrogen-bond acceptors (Lipinski definition) is 8. The molecule has 0 radical (unpaired) electrons. The van der Waals surface area contributed by atoms with Gasteiger partial charge in [0.2, 0.25) is 5.76 Å². The zero-order valence-electron chi connectivity index (χ0n) is 17.3. The molecule has 0 N–H and O–H groups in total. The quantitative estimate of drug-likeness (QED) is 0.354. The lowest BCUT2D eigenvalue weighted by atomic mass is 10.1. The molecule has 0 saturated carbocycles. The van der Waals surface area contributed by atoms with Gasteiger partial charge in [-0.15, -0.1) is 11.3 Å². The van der Waals surface area contributed by atoms with Gasteiger partial charge in [-0.05, 0) is 18.2 Å². The number of benzene rings is 2. The first-order chi connectivity index (χ1) is 15.2. The van der Waals surface area contributed by atoms with Gasteiger partial charge in [-0.2, -0.15) is 0 Å². The summed E-state index contributed by atoms with van der Waals surface area (Å²) in [5.41, 5.74) is 2.72. The molecule has 4 rings (SSSR count). The zero-order valence-corrected chi connectivity index (χ0v) is 18.2. The van der Waals surface area contributed by atoms with Crippen LogP contribution in [0.3, 0.4) is 0 Å². The van der Waals surface area contributed by atoms with Crippen LogP contribution in [-0.2, 0) is 22.7 Å². The van der Waals surface area contributed by atoms with Gasteiger partial charge >= 0.3 is 5.97 Å². The number of aromatic nitrogens is 1. The Labute approximate surface area is 183 Å². The Morgan fingerprint density at radius 2 is 1.87 bits per heavy atom. The lowest BCUT2D eigenvalue weighted by molar-refractivity contribution is 0.0428. The molecule has 160 valence electrons. The predicted molar refractivity (Wildman–Crippen MR) is 117 cm³/mol. The van der Waals surface area contributed by atoms with Gasteiger partial charge < -0.3 is 23.4 Å². The van der Waals surface area contributed by atoms with Crippen LogP contribution in [0.5, 0.6) is 11.5 Å². The van der Waals surface area contributed by atoms with Crippen molar-refractivity contribution in [3.63, 3.8) is 0 Å². The predicted octanol–water partition coefficient (Wildman–Crippen LogP) is 5.08. The molecular formula is C23H21NO6S. The molecule has 0 unspecified atom stereocenters. The Morgan fingerprint density at radius 3 is 2.65 bits per heavy atom. The van der Waals surface area contributed by atoms with E-state index in [0.717, 1.165) is 16.0 Å². The van der Waals surface area contributed by atoms with Crippen molar-refractivity contribution in [3.05, 3.63) is 64.9 Å². The van der Waals surface area contributed by atoms with Crippen molar-refractivity contribution in [1.29, 1.82) is 0 Å². The maximum atomic E-state index is 12.7. The van der Waals surface area contributed by atoms with Crippen molar-refractivity contribution >= 4 is 28.3 Å². The van der Waals surface area contributed by atoms with E-state index >= 15 is 0 Å². The number of carbonyl (C=O) groups excluding carboxylic acids is 1. The Hall–Kier alpha value is -3.36. The molecule has 0 atom stereocenters. The number of furan rings is 1. The standard InChI is InChI=1S/C23H21NO6S/c1-26-12-17-15-7-4-5-9-18(15)30-21(17)23(25)29-11-14-13-31-22(24-14)16-8-6-10-19(27-2)20(16)28-3/h4-10,13H,11-12H2,1-3H3. The van der Waals surface area contributed by atoms with Crippen molar-refractivity contribution in [2.45, 2.75) is 13.2 Å².